The molecule has 2 nitrogen and oxygen atoms in total. The van der Waals surface area contributed by atoms with Crippen LogP contribution in [0.15, 0.2) is 0 Å². The van der Waals surface area contributed by atoms with Crippen molar-refractivity contribution in [1.29, 1.82) is 0 Å². The number of halogens is 1. The van der Waals surface area contributed by atoms with Gasteiger partial charge in [0.1, 0.15) is 0 Å². The first-order chi connectivity index (χ1) is 1.73. The lowest BCUT2D eigenvalue weighted by atomic mass is 10.9. The van der Waals surface area contributed by atoms with Gasteiger partial charge in [-0.25, -0.2) is 0 Å². The second-order valence-corrected chi connectivity index (χ2v) is 0.492. The van der Waals surface area contributed by atoms with Crippen LogP contribution in [0.3, 0.4) is 0 Å². The molecule has 0 fully saturated rings. The number of rotatable bonds is 0. The van der Waals surface area contributed by atoms with E-state index in [2.05, 4.69) is 0 Å². The van der Waals surface area contributed by atoms with Crippen molar-refractivity contribution < 1.29 is 9.90 Å². The van der Waals surface area contributed by atoms with Crippen molar-refractivity contribution >= 4 is 23.0 Å². The third kappa shape index (κ3) is 6010. The molecule has 0 aliphatic rings. The Hall–Kier alpha value is -0.0500. The van der Waals surface area contributed by atoms with Crippen molar-refractivity contribution in [1.82, 2.24) is 0 Å². The summed E-state index contributed by atoms with van der Waals surface area (Å²) >= 11 is 0. The molecule has 0 bridgehead atoms. The highest BCUT2D eigenvalue weighted by molar-refractivity contribution is 8.93. The summed E-state index contributed by atoms with van der Waals surface area (Å²) in [6, 6.07) is 0. The molecule has 5 heavy (non-hydrogen) atoms. The Kier molecular flexibility index (Phi) is 7.01. The normalized spacial score (nSPS) is 5.00. The molecule has 0 aliphatic heterocycles. The van der Waals surface area contributed by atoms with Gasteiger partial charge in [-0.05, 0) is 6.92 Å². The van der Waals surface area contributed by atoms with Crippen LogP contribution in [-0.2, 0) is 4.79 Å². The number of carboxylic acid groups (broad SMARTS) is 1. The first kappa shape index (κ1) is 8.87. The van der Waals surface area contributed by atoms with E-state index in [1.54, 1.807) is 0 Å². The third-order valence-corrected chi connectivity index (χ3v) is 0. The fraction of sp³-hybridized carbons (Fsp3) is 0.500. The number of hydrogen-bond acceptors (Lipinski definition) is 2. The molecule has 0 rings (SSSR count). The summed E-state index contributed by atoms with van der Waals surface area (Å²) in [6.07, 6.45) is 0. The number of carboxylic acids is 1. The predicted octanol–water partition coefficient (Wildman–Crippen LogP) is -0.666. The molecule has 0 heterocycles. The van der Waals surface area contributed by atoms with E-state index in [1.807, 2.05) is 0 Å². The first-order valence-electron chi connectivity index (χ1n) is 0.908. The zero-order valence-corrected chi connectivity index (χ0v) is 4.44. The number of carbonyl (C=O) groups is 1. The Morgan fingerprint density at radius 2 is 1.80 bits per heavy atom. The highest BCUT2D eigenvalue weighted by Gasteiger charge is 1.46. The maximum absolute atomic E-state index is 8.89. The number of aliphatic carboxylic acids is 1. The zero-order chi connectivity index (χ0) is 3.58. The lowest BCUT2D eigenvalue weighted by Gasteiger charge is -1.77. The second-order valence-electron chi connectivity index (χ2n) is 0.492. The molecule has 32 valence electrons. The zero-order valence-electron chi connectivity index (χ0n) is 2.72. The molecule has 0 atom stereocenters. The molecule has 0 saturated heterocycles. The summed E-state index contributed by atoms with van der Waals surface area (Å²) in [5.74, 6) is -1.08. The average molecular weight is 140 g/mol. The van der Waals surface area contributed by atoms with E-state index in [1.165, 1.54) is 0 Å². The van der Waals surface area contributed by atoms with Crippen LogP contribution < -0.4 is 5.11 Å². The minimum Gasteiger partial charge on any atom is -0.550 e. The van der Waals surface area contributed by atoms with Gasteiger partial charge in [0.05, 0.1) is 0 Å². The smallest absolute Gasteiger partial charge is 0.0383 e. The third-order valence-electron chi connectivity index (χ3n) is 0. The van der Waals surface area contributed by atoms with Crippen molar-refractivity contribution in [3.63, 3.8) is 0 Å². The highest BCUT2D eigenvalue weighted by atomic mass is 79.9. The molecule has 0 N–H and O–H groups in total. The van der Waals surface area contributed by atoms with Gasteiger partial charge in [-0.3, -0.25) is 0 Å². The van der Waals surface area contributed by atoms with Crippen LogP contribution in [0.5, 0.6) is 0 Å². The molecule has 0 spiro atoms. The predicted molar refractivity (Wildman–Crippen MR) is 21.0 cm³/mol. The monoisotopic (exact) mass is 139 g/mol. The van der Waals surface area contributed by atoms with Crippen molar-refractivity contribution in [2.75, 3.05) is 0 Å². The van der Waals surface area contributed by atoms with Crippen molar-refractivity contribution in [3.8, 4) is 0 Å². The molecule has 0 saturated carbocycles. The molecule has 0 aliphatic carbocycles. The quantitative estimate of drug-likeness (QED) is 0.447. The van der Waals surface area contributed by atoms with Crippen LogP contribution in [0.4, 0.5) is 0 Å². The van der Waals surface area contributed by atoms with Gasteiger partial charge < -0.3 is 9.90 Å². The Balaban J connectivity index is 0. The van der Waals surface area contributed by atoms with Gasteiger partial charge in [0, 0.05) is 5.97 Å². The Morgan fingerprint density at radius 1 is 1.80 bits per heavy atom. The summed E-state index contributed by atoms with van der Waals surface area (Å²) in [6.45, 7) is 0.972. The minimum absolute atomic E-state index is 0. The van der Waals surface area contributed by atoms with Crippen molar-refractivity contribution in [3.05, 3.63) is 0 Å². The van der Waals surface area contributed by atoms with E-state index in [-0.39, 0.29) is 17.0 Å². The first-order valence-corrected chi connectivity index (χ1v) is 0.908. The highest BCUT2D eigenvalue weighted by Crippen LogP contribution is 1.31. The van der Waals surface area contributed by atoms with Gasteiger partial charge in [0.15, 0.2) is 0 Å². The SMILES string of the molecule is Br.CC(=O)[O-]. The molecular weight excluding hydrogens is 136 g/mol. The van der Waals surface area contributed by atoms with Crippen LogP contribution in [0.2, 0.25) is 0 Å². The maximum Gasteiger partial charge on any atom is 0.0383 e. The van der Waals surface area contributed by atoms with Crippen LogP contribution >= 0.6 is 17.0 Å². The van der Waals surface area contributed by atoms with E-state index in [4.69, 9.17) is 9.90 Å². The molecular formula is C2H4BrO2-. The number of hydrogen-bond donors (Lipinski definition) is 0. The van der Waals surface area contributed by atoms with E-state index >= 15 is 0 Å². The topological polar surface area (TPSA) is 40.1 Å². The lowest BCUT2D eigenvalue weighted by molar-refractivity contribution is -0.302. The Bertz CT molecular complexity index is 30.6. The summed E-state index contributed by atoms with van der Waals surface area (Å²) < 4.78 is 0. The second kappa shape index (κ2) is 3.95. The van der Waals surface area contributed by atoms with E-state index in [9.17, 15) is 0 Å². The standard InChI is InChI=1S/C2H4O2.BrH/c1-2(3)4;/h1H3,(H,3,4);1H/p-1. The van der Waals surface area contributed by atoms with Gasteiger partial charge in [0.2, 0.25) is 0 Å². The molecule has 0 aromatic rings. The summed E-state index contributed by atoms with van der Waals surface area (Å²) in [5, 5.41) is 8.89. The van der Waals surface area contributed by atoms with Crippen molar-refractivity contribution in [2.45, 2.75) is 6.92 Å². The molecule has 0 unspecified atom stereocenters. The van der Waals surface area contributed by atoms with E-state index < -0.39 is 5.97 Å². The molecule has 3 heteroatoms. The molecule has 0 aromatic heterocycles. The summed E-state index contributed by atoms with van der Waals surface area (Å²) in [4.78, 5) is 8.89. The molecule has 0 aromatic carbocycles. The van der Waals surface area contributed by atoms with E-state index in [0.29, 0.717) is 0 Å². The van der Waals surface area contributed by atoms with Crippen LogP contribution in [0, 0.1) is 0 Å². The fourth-order valence-electron chi connectivity index (χ4n) is 0. The van der Waals surface area contributed by atoms with Crippen LogP contribution in [0.25, 0.3) is 0 Å². The van der Waals surface area contributed by atoms with Gasteiger partial charge in [0.25, 0.3) is 0 Å². The van der Waals surface area contributed by atoms with Gasteiger partial charge >= 0.3 is 0 Å². The maximum atomic E-state index is 8.89. The number of carbonyl (C=O) groups excluding carboxylic acids is 1. The summed E-state index contributed by atoms with van der Waals surface area (Å²) in [5.41, 5.74) is 0. The molecule has 0 radical (unpaired) electrons. The van der Waals surface area contributed by atoms with E-state index in [0.717, 1.165) is 6.92 Å². The lowest BCUT2D eigenvalue weighted by Crippen LogP contribution is -2.16. The summed E-state index contributed by atoms with van der Waals surface area (Å²) in [7, 11) is 0. The Labute approximate surface area is 40.6 Å². The van der Waals surface area contributed by atoms with Gasteiger partial charge in [-0.1, -0.05) is 0 Å². The van der Waals surface area contributed by atoms with Gasteiger partial charge in [-0.15, -0.1) is 17.0 Å². The minimum atomic E-state index is -1.08. The van der Waals surface area contributed by atoms with Gasteiger partial charge in [-0.2, -0.15) is 0 Å². The van der Waals surface area contributed by atoms with Crippen LogP contribution in [0.1, 0.15) is 6.92 Å². The van der Waals surface area contributed by atoms with Crippen molar-refractivity contribution in [2.24, 2.45) is 0 Å². The average Bonchev–Trinajstić information content (AvgIpc) is 0.811. The van der Waals surface area contributed by atoms with Crippen LogP contribution in [-0.4, -0.2) is 5.97 Å². The Morgan fingerprint density at radius 3 is 1.80 bits per heavy atom. The largest absolute Gasteiger partial charge is 0.550 e. The molecule has 0 amide bonds. The fourth-order valence-corrected chi connectivity index (χ4v) is 0.